The summed E-state index contributed by atoms with van der Waals surface area (Å²) in [5.74, 6) is 0. The van der Waals surface area contributed by atoms with E-state index < -0.39 is 0 Å². The quantitative estimate of drug-likeness (QED) is 0.137. The van der Waals surface area contributed by atoms with Gasteiger partial charge in [0.05, 0.1) is 0 Å². The molecule has 0 atom stereocenters. The smallest absolute Gasteiger partial charge is 0.0462 e. The van der Waals surface area contributed by atoms with Crippen LogP contribution in [0.5, 0.6) is 0 Å². The zero-order valence-electron chi connectivity index (χ0n) is 33.7. The molecule has 0 aliphatic heterocycles. The number of anilines is 6. The van der Waals surface area contributed by atoms with E-state index >= 15 is 0 Å². The zero-order chi connectivity index (χ0) is 39.6. The molecule has 1 aliphatic carbocycles. The van der Waals surface area contributed by atoms with E-state index in [1.165, 1.54) is 52.6 Å². The summed E-state index contributed by atoms with van der Waals surface area (Å²) in [6.45, 7) is 4.00. The van der Waals surface area contributed by atoms with Crippen molar-refractivity contribution in [3.05, 3.63) is 230 Å². The number of para-hydroxylation sites is 2. The molecule has 0 spiro atoms. The van der Waals surface area contributed by atoms with Gasteiger partial charge in [0, 0.05) is 39.5 Å². The highest BCUT2D eigenvalue weighted by Gasteiger charge is 2.36. The van der Waals surface area contributed by atoms with Crippen LogP contribution in [0.3, 0.4) is 0 Å². The summed E-state index contributed by atoms with van der Waals surface area (Å²) in [7, 11) is 0. The second-order valence-corrected chi connectivity index (χ2v) is 14.9. The van der Waals surface area contributed by atoms with Crippen molar-refractivity contribution in [2.24, 2.45) is 0 Å². The van der Waals surface area contributed by atoms with Crippen molar-refractivity contribution in [1.82, 2.24) is 0 Å². The fourth-order valence-electron chi connectivity index (χ4n) is 8.67. The molecule has 9 rings (SSSR count). The second-order valence-electron chi connectivity index (χ2n) is 14.9. The molecule has 0 aromatic heterocycles. The molecule has 58 heavy (non-hydrogen) atoms. The Bertz CT molecular complexity index is 2260. The topological polar surface area (TPSA) is 6.48 Å². The van der Waals surface area contributed by atoms with E-state index in [1.807, 2.05) is 13.8 Å². The third-order valence-corrected chi connectivity index (χ3v) is 11.6. The van der Waals surface area contributed by atoms with E-state index in [9.17, 15) is 0 Å². The maximum atomic E-state index is 2.40. The third kappa shape index (κ3) is 8.10. The molecule has 2 heteroatoms. The first-order valence-corrected chi connectivity index (χ1v) is 21.0. The van der Waals surface area contributed by atoms with Gasteiger partial charge in [0.25, 0.3) is 0 Å². The van der Waals surface area contributed by atoms with Crippen LogP contribution in [0.25, 0.3) is 22.3 Å². The lowest BCUT2D eigenvalue weighted by Gasteiger charge is -2.39. The van der Waals surface area contributed by atoms with E-state index in [0.717, 1.165) is 47.0 Å². The second kappa shape index (κ2) is 18.1. The lowest BCUT2D eigenvalue weighted by atomic mass is 9.65. The Hall–Kier alpha value is -6.64. The van der Waals surface area contributed by atoms with Gasteiger partial charge < -0.3 is 9.80 Å². The van der Waals surface area contributed by atoms with Crippen LogP contribution in [-0.2, 0) is 5.41 Å². The summed E-state index contributed by atoms with van der Waals surface area (Å²) in [6.07, 6.45) is 6.06. The van der Waals surface area contributed by atoms with Gasteiger partial charge in [0.15, 0.2) is 0 Å². The average molecular weight is 753 g/mol. The molecule has 0 amide bonds. The van der Waals surface area contributed by atoms with Gasteiger partial charge in [-0.15, -0.1) is 0 Å². The first-order valence-electron chi connectivity index (χ1n) is 21.0. The molecule has 1 fully saturated rings. The third-order valence-electron chi connectivity index (χ3n) is 11.6. The van der Waals surface area contributed by atoms with Gasteiger partial charge in [-0.3, -0.25) is 0 Å². The highest BCUT2D eigenvalue weighted by atomic mass is 15.1. The van der Waals surface area contributed by atoms with Gasteiger partial charge in [0.1, 0.15) is 0 Å². The molecule has 0 heterocycles. The molecule has 0 N–H and O–H groups in total. The van der Waals surface area contributed by atoms with Crippen molar-refractivity contribution < 1.29 is 0 Å². The Labute approximate surface area is 345 Å². The van der Waals surface area contributed by atoms with Gasteiger partial charge in [-0.05, 0) is 119 Å². The summed E-state index contributed by atoms with van der Waals surface area (Å²) in [5.41, 5.74) is 14.6. The van der Waals surface area contributed by atoms with Crippen molar-refractivity contribution in [3.63, 3.8) is 0 Å². The lowest BCUT2D eigenvalue weighted by Crippen LogP contribution is -2.30. The molecule has 0 unspecified atom stereocenters. The van der Waals surface area contributed by atoms with Crippen molar-refractivity contribution in [3.8, 4) is 22.3 Å². The number of nitrogens with zero attached hydrogens (tertiary/aromatic N) is 2. The highest BCUT2D eigenvalue weighted by Crippen LogP contribution is 2.47. The minimum atomic E-state index is -0.0286. The van der Waals surface area contributed by atoms with Gasteiger partial charge in [0.2, 0.25) is 0 Å². The molecule has 8 aromatic rings. The number of rotatable bonds is 10. The Kier molecular flexibility index (Phi) is 11.9. The Morgan fingerprint density at radius 2 is 0.534 bits per heavy atom. The molecule has 0 bridgehead atoms. The summed E-state index contributed by atoms with van der Waals surface area (Å²) in [5, 5.41) is 0. The van der Waals surface area contributed by atoms with Crippen LogP contribution >= 0.6 is 0 Å². The predicted octanol–water partition coefficient (Wildman–Crippen LogP) is 16.2. The Morgan fingerprint density at radius 3 is 0.862 bits per heavy atom. The van der Waals surface area contributed by atoms with E-state index in [-0.39, 0.29) is 5.41 Å². The summed E-state index contributed by atoms with van der Waals surface area (Å²) < 4.78 is 0. The largest absolute Gasteiger partial charge is 0.311 e. The van der Waals surface area contributed by atoms with Gasteiger partial charge in [-0.25, -0.2) is 0 Å². The van der Waals surface area contributed by atoms with Gasteiger partial charge in [-0.2, -0.15) is 0 Å². The monoisotopic (exact) mass is 752 g/mol. The first-order chi connectivity index (χ1) is 28.7. The highest BCUT2D eigenvalue weighted by molar-refractivity contribution is 5.80. The van der Waals surface area contributed by atoms with Crippen LogP contribution in [0.2, 0.25) is 0 Å². The molecular weight excluding hydrogens is 701 g/mol. The van der Waals surface area contributed by atoms with Crippen molar-refractivity contribution in [1.29, 1.82) is 0 Å². The number of hydrogen-bond acceptors (Lipinski definition) is 2. The standard InChI is InChI=1S/C54H46N2.C2H6/c1-6-16-42(17-7-1)44-24-32-50(33-25-44)55(48-20-10-3-11-21-48)52-36-28-46(29-37-52)54(40-14-5-15-41-54)47-30-38-53(39-31-47)56(49-22-12-4-13-23-49)51-34-26-45(27-35-51)43-18-8-2-9-19-43;1-2/h1-4,6-13,16-39H,5,14-15,40-41H2;1-2H3. The van der Waals surface area contributed by atoms with Crippen molar-refractivity contribution >= 4 is 34.1 Å². The summed E-state index contributed by atoms with van der Waals surface area (Å²) in [4.78, 5) is 4.73. The van der Waals surface area contributed by atoms with Crippen molar-refractivity contribution in [2.45, 2.75) is 51.4 Å². The number of benzene rings is 8. The molecule has 8 aromatic carbocycles. The Balaban J connectivity index is 0.00000231. The van der Waals surface area contributed by atoms with Crippen LogP contribution in [0.15, 0.2) is 218 Å². The maximum Gasteiger partial charge on any atom is 0.0462 e. The SMILES string of the molecule is CC.c1ccc(-c2ccc(N(c3ccccc3)c3ccc(C4(c5ccc(N(c6ccccc6)c6ccc(-c7ccccc7)cc6)cc5)CCCCC4)cc3)cc2)cc1. The molecule has 1 aliphatic rings. The van der Waals surface area contributed by atoms with Crippen LogP contribution in [0, 0.1) is 0 Å². The van der Waals surface area contributed by atoms with E-state index in [1.54, 1.807) is 0 Å². The minimum absolute atomic E-state index is 0.0286. The van der Waals surface area contributed by atoms with E-state index in [4.69, 9.17) is 0 Å². The molecule has 1 saturated carbocycles. The minimum Gasteiger partial charge on any atom is -0.311 e. The van der Waals surface area contributed by atoms with Crippen LogP contribution in [0.1, 0.15) is 57.1 Å². The van der Waals surface area contributed by atoms with Crippen molar-refractivity contribution in [2.75, 3.05) is 9.80 Å². The molecule has 0 saturated heterocycles. The molecule has 0 radical (unpaired) electrons. The van der Waals surface area contributed by atoms with Crippen LogP contribution in [0.4, 0.5) is 34.1 Å². The average Bonchev–Trinajstić information content (AvgIpc) is 3.32. The fraction of sp³-hybridized carbons (Fsp3) is 0.143. The fourth-order valence-corrected chi connectivity index (χ4v) is 8.67. The predicted molar refractivity (Wildman–Crippen MR) is 248 cm³/mol. The van der Waals surface area contributed by atoms with E-state index in [2.05, 4.69) is 228 Å². The lowest BCUT2D eigenvalue weighted by molar-refractivity contribution is 0.346. The van der Waals surface area contributed by atoms with E-state index in [0.29, 0.717) is 0 Å². The van der Waals surface area contributed by atoms with Crippen LogP contribution < -0.4 is 9.80 Å². The van der Waals surface area contributed by atoms with Crippen LogP contribution in [-0.4, -0.2) is 0 Å². The number of hydrogen-bond donors (Lipinski definition) is 0. The molecular formula is C56H52N2. The maximum absolute atomic E-state index is 2.40. The summed E-state index contributed by atoms with van der Waals surface area (Å²) >= 11 is 0. The normalized spacial score (nSPS) is 13.1. The molecule has 286 valence electrons. The van der Waals surface area contributed by atoms with Gasteiger partial charge in [-0.1, -0.05) is 179 Å². The van der Waals surface area contributed by atoms with Gasteiger partial charge >= 0.3 is 0 Å². The Morgan fingerprint density at radius 1 is 0.276 bits per heavy atom. The molecule has 2 nitrogen and oxygen atoms in total. The summed E-state index contributed by atoms with van der Waals surface area (Å²) in [6, 6.07) is 79.4. The first kappa shape index (κ1) is 38.2. The zero-order valence-corrected chi connectivity index (χ0v) is 33.7.